The summed E-state index contributed by atoms with van der Waals surface area (Å²) in [4.78, 5) is 8.33. The number of imidazole rings is 1. The van der Waals surface area contributed by atoms with Gasteiger partial charge < -0.3 is 19.2 Å². The molecule has 1 aromatic heterocycles. The SMILES string of the molecule is COc1cc(-c2nc3c(Cc4ccccc4I)cccc3[nH]2)cc(OC)c1OC. The number of nitrogens with zero attached hydrogens (tertiary/aromatic N) is 1. The van der Waals surface area contributed by atoms with Gasteiger partial charge in [0.15, 0.2) is 11.5 Å². The molecular weight excluding hydrogens is 479 g/mol. The van der Waals surface area contributed by atoms with Crippen molar-refractivity contribution in [1.29, 1.82) is 0 Å². The molecule has 0 bridgehead atoms. The number of H-pyrrole nitrogens is 1. The first kappa shape index (κ1) is 19.6. The predicted molar refractivity (Wildman–Crippen MR) is 123 cm³/mol. The quantitative estimate of drug-likeness (QED) is 0.358. The molecule has 1 heterocycles. The first-order valence-electron chi connectivity index (χ1n) is 9.16. The highest BCUT2D eigenvalue weighted by Gasteiger charge is 2.17. The predicted octanol–water partition coefficient (Wildman–Crippen LogP) is 5.45. The van der Waals surface area contributed by atoms with Crippen LogP contribution < -0.4 is 14.2 Å². The molecule has 148 valence electrons. The summed E-state index contributed by atoms with van der Waals surface area (Å²) in [5.41, 5.74) is 5.31. The number of aromatic amines is 1. The lowest BCUT2D eigenvalue weighted by Gasteiger charge is -2.13. The second-order valence-corrected chi connectivity index (χ2v) is 7.74. The Kier molecular flexibility index (Phi) is 5.62. The second kappa shape index (κ2) is 8.32. The van der Waals surface area contributed by atoms with Crippen molar-refractivity contribution < 1.29 is 14.2 Å². The Bertz CT molecular complexity index is 1140. The minimum absolute atomic E-state index is 0.564. The zero-order valence-electron chi connectivity index (χ0n) is 16.5. The lowest BCUT2D eigenvalue weighted by molar-refractivity contribution is 0.324. The summed E-state index contributed by atoms with van der Waals surface area (Å²) in [6.45, 7) is 0. The number of para-hydroxylation sites is 1. The van der Waals surface area contributed by atoms with E-state index in [0.29, 0.717) is 17.2 Å². The number of fused-ring (bicyclic) bond motifs is 1. The van der Waals surface area contributed by atoms with Crippen molar-refractivity contribution in [2.24, 2.45) is 0 Å². The van der Waals surface area contributed by atoms with E-state index in [1.165, 1.54) is 14.7 Å². The zero-order chi connectivity index (χ0) is 20.4. The first-order valence-corrected chi connectivity index (χ1v) is 10.2. The third-order valence-corrected chi connectivity index (χ3v) is 5.93. The molecule has 1 N–H and O–H groups in total. The van der Waals surface area contributed by atoms with Crippen molar-refractivity contribution in [2.45, 2.75) is 6.42 Å². The molecule has 0 saturated carbocycles. The first-order chi connectivity index (χ1) is 14.1. The molecule has 3 aromatic carbocycles. The van der Waals surface area contributed by atoms with Crippen molar-refractivity contribution in [3.05, 3.63) is 69.3 Å². The molecular formula is C23H21IN2O3. The van der Waals surface area contributed by atoms with Crippen molar-refractivity contribution in [3.8, 4) is 28.6 Å². The molecule has 0 aliphatic rings. The van der Waals surface area contributed by atoms with E-state index in [-0.39, 0.29) is 0 Å². The highest BCUT2D eigenvalue weighted by Crippen LogP contribution is 2.41. The molecule has 6 heteroatoms. The van der Waals surface area contributed by atoms with Crippen LogP contribution in [0.1, 0.15) is 11.1 Å². The normalized spacial score (nSPS) is 10.9. The van der Waals surface area contributed by atoms with Crippen molar-refractivity contribution in [3.63, 3.8) is 0 Å². The number of hydrogen-bond donors (Lipinski definition) is 1. The Morgan fingerprint density at radius 1 is 0.862 bits per heavy atom. The van der Waals surface area contributed by atoms with Crippen LogP contribution in [-0.4, -0.2) is 31.3 Å². The fourth-order valence-electron chi connectivity index (χ4n) is 3.44. The Labute approximate surface area is 183 Å². The van der Waals surface area contributed by atoms with E-state index in [2.05, 4.69) is 64.0 Å². The molecule has 0 radical (unpaired) electrons. The molecule has 5 nitrogen and oxygen atoms in total. The Balaban J connectivity index is 1.80. The third-order valence-electron chi connectivity index (χ3n) is 4.87. The summed E-state index contributed by atoms with van der Waals surface area (Å²) >= 11 is 2.38. The van der Waals surface area contributed by atoms with E-state index >= 15 is 0 Å². The number of rotatable bonds is 6. The molecule has 0 atom stereocenters. The average Bonchev–Trinajstić information content (AvgIpc) is 3.19. The molecule has 0 spiro atoms. The Morgan fingerprint density at radius 3 is 2.21 bits per heavy atom. The van der Waals surface area contributed by atoms with Gasteiger partial charge in [0.25, 0.3) is 0 Å². The summed E-state index contributed by atoms with van der Waals surface area (Å²) in [6.07, 6.45) is 0.829. The van der Waals surface area contributed by atoms with Gasteiger partial charge in [-0.05, 0) is 58.0 Å². The van der Waals surface area contributed by atoms with Gasteiger partial charge in [-0.2, -0.15) is 0 Å². The van der Waals surface area contributed by atoms with Crippen molar-refractivity contribution >= 4 is 33.6 Å². The molecule has 0 saturated heterocycles. The highest BCUT2D eigenvalue weighted by atomic mass is 127. The molecule has 4 rings (SSSR count). The molecule has 29 heavy (non-hydrogen) atoms. The van der Waals surface area contributed by atoms with E-state index in [1.807, 2.05) is 18.2 Å². The van der Waals surface area contributed by atoms with E-state index in [1.54, 1.807) is 21.3 Å². The van der Waals surface area contributed by atoms with E-state index < -0.39 is 0 Å². The standard InChI is InChI=1S/C23H21IN2O3/c1-27-19-12-16(13-20(28-2)22(19)29-3)23-25-18-10-6-8-15(21(18)26-23)11-14-7-4-5-9-17(14)24/h4-10,12-13H,11H2,1-3H3,(H,25,26). The Morgan fingerprint density at radius 2 is 1.55 bits per heavy atom. The molecule has 0 aliphatic heterocycles. The fourth-order valence-corrected chi connectivity index (χ4v) is 4.01. The number of nitrogens with one attached hydrogen (secondary N) is 1. The third kappa shape index (κ3) is 3.76. The van der Waals surface area contributed by atoms with Gasteiger partial charge in [-0.25, -0.2) is 4.98 Å². The van der Waals surface area contributed by atoms with Crippen LogP contribution in [0.5, 0.6) is 17.2 Å². The Hall–Kier alpha value is -2.74. The van der Waals surface area contributed by atoms with Crippen molar-refractivity contribution in [2.75, 3.05) is 21.3 Å². The summed E-state index contributed by atoms with van der Waals surface area (Å²) < 4.78 is 17.6. The van der Waals surface area contributed by atoms with Crippen LogP contribution in [0.15, 0.2) is 54.6 Å². The van der Waals surface area contributed by atoms with Crippen LogP contribution in [-0.2, 0) is 6.42 Å². The smallest absolute Gasteiger partial charge is 0.203 e. The average molecular weight is 500 g/mol. The van der Waals surface area contributed by atoms with E-state index in [4.69, 9.17) is 19.2 Å². The number of benzene rings is 3. The molecule has 4 aromatic rings. The fraction of sp³-hybridized carbons (Fsp3) is 0.174. The van der Waals surface area contributed by atoms with Gasteiger partial charge in [-0.3, -0.25) is 0 Å². The zero-order valence-corrected chi connectivity index (χ0v) is 18.6. The van der Waals surface area contributed by atoms with Gasteiger partial charge in [0.05, 0.1) is 32.4 Å². The van der Waals surface area contributed by atoms with Gasteiger partial charge in [0.2, 0.25) is 5.75 Å². The van der Waals surface area contributed by atoms with Gasteiger partial charge >= 0.3 is 0 Å². The number of halogens is 1. The number of methoxy groups -OCH3 is 3. The van der Waals surface area contributed by atoms with Gasteiger partial charge in [0, 0.05) is 15.6 Å². The summed E-state index contributed by atoms with van der Waals surface area (Å²) in [5, 5.41) is 0. The minimum Gasteiger partial charge on any atom is -0.493 e. The summed E-state index contributed by atoms with van der Waals surface area (Å²) in [6, 6.07) is 18.5. The number of ether oxygens (including phenoxy) is 3. The van der Waals surface area contributed by atoms with E-state index in [9.17, 15) is 0 Å². The van der Waals surface area contributed by atoms with Crippen molar-refractivity contribution in [1.82, 2.24) is 9.97 Å². The lowest BCUT2D eigenvalue weighted by Crippen LogP contribution is -1.96. The van der Waals surface area contributed by atoms with Crippen LogP contribution in [0, 0.1) is 3.57 Å². The topological polar surface area (TPSA) is 56.4 Å². The summed E-state index contributed by atoms with van der Waals surface area (Å²) in [7, 11) is 4.82. The maximum absolute atomic E-state index is 5.48. The largest absolute Gasteiger partial charge is 0.493 e. The van der Waals surface area contributed by atoms with Crippen LogP contribution in [0.2, 0.25) is 0 Å². The molecule has 0 fully saturated rings. The monoisotopic (exact) mass is 500 g/mol. The van der Waals surface area contributed by atoms with Crippen LogP contribution >= 0.6 is 22.6 Å². The maximum Gasteiger partial charge on any atom is 0.203 e. The molecule has 0 amide bonds. The minimum atomic E-state index is 0.564. The maximum atomic E-state index is 5.48. The lowest BCUT2D eigenvalue weighted by atomic mass is 10.0. The van der Waals surface area contributed by atoms with Gasteiger partial charge in [0.1, 0.15) is 5.82 Å². The van der Waals surface area contributed by atoms with Gasteiger partial charge in [-0.15, -0.1) is 0 Å². The number of hydrogen-bond acceptors (Lipinski definition) is 4. The number of aromatic nitrogens is 2. The molecule has 0 aliphatic carbocycles. The second-order valence-electron chi connectivity index (χ2n) is 6.58. The highest BCUT2D eigenvalue weighted by molar-refractivity contribution is 14.1. The van der Waals surface area contributed by atoms with Crippen LogP contribution in [0.4, 0.5) is 0 Å². The van der Waals surface area contributed by atoms with Crippen LogP contribution in [0.3, 0.4) is 0 Å². The van der Waals surface area contributed by atoms with Crippen LogP contribution in [0.25, 0.3) is 22.4 Å². The molecule has 0 unspecified atom stereocenters. The van der Waals surface area contributed by atoms with Gasteiger partial charge in [-0.1, -0.05) is 30.3 Å². The van der Waals surface area contributed by atoms with E-state index in [0.717, 1.165) is 28.8 Å². The summed E-state index contributed by atoms with van der Waals surface area (Å²) in [5.74, 6) is 2.52.